The standard InChI is InChI=1S/C19H16N4/c1-13-10-21-19(18-7-4-3-6-16(13)18)23-12-15(11-22-23)17-8-5-9-20-14(17)2/h3-12H,1-2H3. The Morgan fingerprint density at radius 1 is 0.870 bits per heavy atom. The molecule has 3 heterocycles. The molecule has 0 saturated heterocycles. The van der Waals surface area contributed by atoms with Gasteiger partial charge in [0.15, 0.2) is 5.82 Å². The quantitative estimate of drug-likeness (QED) is 0.560. The van der Waals surface area contributed by atoms with Crippen molar-refractivity contribution < 1.29 is 0 Å². The smallest absolute Gasteiger partial charge is 0.161 e. The van der Waals surface area contributed by atoms with Gasteiger partial charge < -0.3 is 0 Å². The van der Waals surface area contributed by atoms with Gasteiger partial charge in [0.05, 0.1) is 6.20 Å². The lowest BCUT2D eigenvalue weighted by molar-refractivity contribution is 0.855. The molecule has 0 aliphatic rings. The third-order valence-corrected chi connectivity index (χ3v) is 4.09. The minimum absolute atomic E-state index is 0.846. The molecule has 0 spiro atoms. The second-order valence-corrected chi connectivity index (χ2v) is 5.62. The maximum atomic E-state index is 4.59. The van der Waals surface area contributed by atoms with Crippen LogP contribution in [0.25, 0.3) is 27.7 Å². The lowest BCUT2D eigenvalue weighted by Crippen LogP contribution is -1.99. The Balaban J connectivity index is 1.88. The third-order valence-electron chi connectivity index (χ3n) is 4.09. The van der Waals surface area contributed by atoms with Crippen molar-refractivity contribution in [2.24, 2.45) is 0 Å². The van der Waals surface area contributed by atoms with Crippen LogP contribution >= 0.6 is 0 Å². The summed E-state index contributed by atoms with van der Waals surface area (Å²) in [5.41, 5.74) is 4.30. The summed E-state index contributed by atoms with van der Waals surface area (Å²) < 4.78 is 1.84. The highest BCUT2D eigenvalue weighted by atomic mass is 15.3. The van der Waals surface area contributed by atoms with Crippen LogP contribution in [0.5, 0.6) is 0 Å². The number of fused-ring (bicyclic) bond motifs is 1. The summed E-state index contributed by atoms with van der Waals surface area (Å²) in [6.07, 6.45) is 7.57. The Bertz CT molecular complexity index is 1000. The summed E-state index contributed by atoms with van der Waals surface area (Å²) in [6.45, 7) is 4.08. The van der Waals surface area contributed by atoms with E-state index < -0.39 is 0 Å². The number of hydrogen-bond donors (Lipinski definition) is 0. The van der Waals surface area contributed by atoms with Crippen LogP contribution in [-0.4, -0.2) is 19.7 Å². The van der Waals surface area contributed by atoms with Gasteiger partial charge in [0, 0.05) is 40.8 Å². The normalized spacial score (nSPS) is 11.0. The molecule has 0 N–H and O–H groups in total. The largest absolute Gasteiger partial charge is 0.261 e. The van der Waals surface area contributed by atoms with Crippen molar-refractivity contribution in [3.05, 3.63) is 72.4 Å². The zero-order valence-corrected chi connectivity index (χ0v) is 13.1. The SMILES string of the molecule is Cc1ncccc1-c1cnn(-c2ncc(C)c3ccccc23)c1. The molecule has 4 aromatic rings. The third kappa shape index (κ3) is 2.28. The first-order valence-electron chi connectivity index (χ1n) is 7.55. The van der Waals surface area contributed by atoms with Crippen LogP contribution in [0.4, 0.5) is 0 Å². The highest BCUT2D eigenvalue weighted by molar-refractivity contribution is 5.90. The van der Waals surface area contributed by atoms with Crippen molar-refractivity contribution in [1.29, 1.82) is 0 Å². The molecule has 23 heavy (non-hydrogen) atoms. The molecule has 3 aromatic heterocycles. The van der Waals surface area contributed by atoms with E-state index >= 15 is 0 Å². The molecule has 0 saturated carbocycles. The minimum Gasteiger partial charge on any atom is -0.261 e. The first kappa shape index (κ1) is 13.6. The fourth-order valence-electron chi connectivity index (χ4n) is 2.87. The highest BCUT2D eigenvalue weighted by Gasteiger charge is 2.10. The number of hydrogen-bond acceptors (Lipinski definition) is 3. The molecule has 4 rings (SSSR count). The molecular weight excluding hydrogens is 284 g/mol. The van der Waals surface area contributed by atoms with E-state index in [9.17, 15) is 0 Å². The topological polar surface area (TPSA) is 43.6 Å². The number of rotatable bonds is 2. The van der Waals surface area contributed by atoms with Crippen LogP contribution in [0.1, 0.15) is 11.3 Å². The van der Waals surface area contributed by atoms with Crippen LogP contribution in [-0.2, 0) is 0 Å². The van der Waals surface area contributed by atoms with Gasteiger partial charge in [-0.1, -0.05) is 30.3 Å². The maximum Gasteiger partial charge on any atom is 0.161 e. The molecule has 0 fully saturated rings. The van der Waals surface area contributed by atoms with Crippen LogP contribution in [0.3, 0.4) is 0 Å². The Kier molecular flexibility index (Phi) is 3.15. The lowest BCUT2D eigenvalue weighted by Gasteiger charge is -2.07. The molecular formula is C19H16N4. The summed E-state index contributed by atoms with van der Waals surface area (Å²) in [5, 5.41) is 6.81. The number of aryl methyl sites for hydroxylation is 2. The zero-order valence-electron chi connectivity index (χ0n) is 13.1. The van der Waals surface area contributed by atoms with Gasteiger partial charge in [-0.3, -0.25) is 4.98 Å². The fourth-order valence-corrected chi connectivity index (χ4v) is 2.87. The minimum atomic E-state index is 0.846. The van der Waals surface area contributed by atoms with Crippen LogP contribution in [0.15, 0.2) is 61.2 Å². The fraction of sp³-hybridized carbons (Fsp3) is 0.105. The number of benzene rings is 1. The van der Waals surface area contributed by atoms with E-state index in [0.29, 0.717) is 0 Å². The van der Waals surface area contributed by atoms with E-state index in [1.165, 1.54) is 10.9 Å². The van der Waals surface area contributed by atoms with E-state index in [1.54, 1.807) is 6.20 Å². The van der Waals surface area contributed by atoms with Crippen molar-refractivity contribution in [2.75, 3.05) is 0 Å². The molecule has 0 bridgehead atoms. The van der Waals surface area contributed by atoms with E-state index in [2.05, 4.69) is 40.2 Å². The monoisotopic (exact) mass is 300 g/mol. The lowest BCUT2D eigenvalue weighted by atomic mass is 10.1. The Labute approximate surface area is 134 Å². The molecule has 0 atom stereocenters. The van der Waals surface area contributed by atoms with Gasteiger partial charge in [-0.05, 0) is 30.9 Å². The number of pyridine rings is 2. The summed E-state index contributed by atoms with van der Waals surface area (Å²) in [6, 6.07) is 12.3. The zero-order chi connectivity index (χ0) is 15.8. The van der Waals surface area contributed by atoms with Crippen molar-refractivity contribution >= 4 is 10.8 Å². The van der Waals surface area contributed by atoms with Gasteiger partial charge in [0.25, 0.3) is 0 Å². The summed E-state index contributed by atoms with van der Waals surface area (Å²) >= 11 is 0. The second-order valence-electron chi connectivity index (χ2n) is 5.62. The Morgan fingerprint density at radius 3 is 2.52 bits per heavy atom. The molecule has 0 radical (unpaired) electrons. The van der Waals surface area contributed by atoms with E-state index in [1.807, 2.05) is 48.4 Å². The first-order valence-corrected chi connectivity index (χ1v) is 7.55. The van der Waals surface area contributed by atoms with Crippen molar-refractivity contribution in [3.63, 3.8) is 0 Å². The van der Waals surface area contributed by atoms with Crippen LogP contribution in [0.2, 0.25) is 0 Å². The summed E-state index contributed by atoms with van der Waals surface area (Å²) in [5.74, 6) is 0.846. The van der Waals surface area contributed by atoms with Crippen molar-refractivity contribution in [2.45, 2.75) is 13.8 Å². The van der Waals surface area contributed by atoms with Gasteiger partial charge in [0.1, 0.15) is 0 Å². The van der Waals surface area contributed by atoms with Crippen molar-refractivity contribution in [3.8, 4) is 16.9 Å². The average molecular weight is 300 g/mol. The molecule has 112 valence electrons. The Morgan fingerprint density at radius 2 is 1.70 bits per heavy atom. The maximum absolute atomic E-state index is 4.59. The second kappa shape index (κ2) is 5.32. The average Bonchev–Trinajstić information content (AvgIpc) is 3.05. The predicted octanol–water partition coefficient (Wildman–Crippen LogP) is 4.10. The Hall–Kier alpha value is -3.01. The molecule has 0 unspecified atom stereocenters. The first-order chi connectivity index (χ1) is 11.2. The van der Waals surface area contributed by atoms with Crippen LogP contribution < -0.4 is 0 Å². The number of nitrogens with zero attached hydrogens (tertiary/aromatic N) is 4. The molecule has 0 aliphatic heterocycles. The predicted molar refractivity (Wildman–Crippen MR) is 91.6 cm³/mol. The van der Waals surface area contributed by atoms with E-state index in [0.717, 1.165) is 28.0 Å². The van der Waals surface area contributed by atoms with Gasteiger partial charge in [-0.15, -0.1) is 0 Å². The number of aromatic nitrogens is 4. The van der Waals surface area contributed by atoms with Gasteiger partial charge in [-0.25, -0.2) is 9.67 Å². The molecule has 0 aliphatic carbocycles. The van der Waals surface area contributed by atoms with E-state index in [4.69, 9.17) is 0 Å². The van der Waals surface area contributed by atoms with Gasteiger partial charge in [0.2, 0.25) is 0 Å². The molecule has 4 heteroatoms. The molecule has 1 aromatic carbocycles. The molecule has 0 amide bonds. The van der Waals surface area contributed by atoms with E-state index in [-0.39, 0.29) is 0 Å². The van der Waals surface area contributed by atoms with Crippen molar-refractivity contribution in [1.82, 2.24) is 19.7 Å². The van der Waals surface area contributed by atoms with Crippen LogP contribution in [0, 0.1) is 13.8 Å². The highest BCUT2D eigenvalue weighted by Crippen LogP contribution is 2.26. The van der Waals surface area contributed by atoms with Gasteiger partial charge >= 0.3 is 0 Å². The molecule has 4 nitrogen and oxygen atoms in total. The summed E-state index contributed by atoms with van der Waals surface area (Å²) in [7, 11) is 0. The van der Waals surface area contributed by atoms with Gasteiger partial charge in [-0.2, -0.15) is 5.10 Å². The summed E-state index contributed by atoms with van der Waals surface area (Å²) in [4.78, 5) is 8.94.